The van der Waals surface area contributed by atoms with Crippen molar-refractivity contribution >= 4 is 62.9 Å². The molecule has 0 atom stereocenters. The molecule has 5 nitrogen and oxygen atoms in total. The highest BCUT2D eigenvalue weighted by Gasteiger charge is 2.13. The summed E-state index contributed by atoms with van der Waals surface area (Å²) in [5.41, 5.74) is 4.70. The number of hydrogen-bond donors (Lipinski definition) is 1. The molecule has 1 N–H and O–H groups in total. The maximum atomic E-state index is 12.8. The van der Waals surface area contributed by atoms with Crippen molar-refractivity contribution < 1.29 is 14.3 Å². The first-order valence-corrected chi connectivity index (χ1v) is 13.9. The Bertz CT molecular complexity index is 1450. The Balaban J connectivity index is 1.39. The molecule has 38 heavy (non-hydrogen) atoms. The average Bonchev–Trinajstić information content (AvgIpc) is 2.92. The summed E-state index contributed by atoms with van der Waals surface area (Å²) in [6.45, 7) is 2.97. The minimum Gasteiger partial charge on any atom is -0.489 e. The van der Waals surface area contributed by atoms with Crippen LogP contribution in [0.3, 0.4) is 0 Å². The lowest BCUT2D eigenvalue weighted by molar-refractivity contribution is -0.112. The van der Waals surface area contributed by atoms with Crippen molar-refractivity contribution in [2.24, 2.45) is 0 Å². The highest BCUT2D eigenvalue weighted by molar-refractivity contribution is 14.1. The molecule has 4 aromatic rings. The SMILES string of the molecule is Cc1ccc(COc2c(I)cc(/C=C(\C#N)C(=O)Nc3ccc(OCc4ccccc4)cc3)cc2I)cc1. The Morgan fingerprint density at radius 3 is 2.11 bits per heavy atom. The van der Waals surface area contributed by atoms with Gasteiger partial charge < -0.3 is 14.8 Å². The number of nitrogens with one attached hydrogen (secondary N) is 1. The summed E-state index contributed by atoms with van der Waals surface area (Å²) in [7, 11) is 0. The van der Waals surface area contributed by atoms with Gasteiger partial charge in [0, 0.05) is 5.69 Å². The van der Waals surface area contributed by atoms with Gasteiger partial charge in [-0.15, -0.1) is 0 Å². The summed E-state index contributed by atoms with van der Waals surface area (Å²) in [6.07, 6.45) is 1.58. The molecular weight excluding hydrogens is 702 g/mol. The van der Waals surface area contributed by atoms with Crippen LogP contribution < -0.4 is 14.8 Å². The number of benzene rings is 4. The molecule has 0 aliphatic rings. The van der Waals surface area contributed by atoms with Crippen molar-refractivity contribution in [3.63, 3.8) is 0 Å². The predicted octanol–water partition coefficient (Wildman–Crippen LogP) is 7.91. The largest absolute Gasteiger partial charge is 0.489 e. The number of nitrogens with zero attached hydrogens (tertiary/aromatic N) is 1. The minimum absolute atomic E-state index is 0.00864. The number of ether oxygens (including phenoxy) is 2. The number of carbonyl (C=O) groups excluding carboxylic acids is 1. The third-order valence-corrected chi connectivity index (χ3v) is 7.16. The molecule has 4 aromatic carbocycles. The van der Waals surface area contributed by atoms with E-state index < -0.39 is 5.91 Å². The molecule has 0 saturated heterocycles. The topological polar surface area (TPSA) is 71.3 Å². The number of anilines is 1. The van der Waals surface area contributed by atoms with E-state index in [0.29, 0.717) is 24.7 Å². The van der Waals surface area contributed by atoms with Gasteiger partial charge in [-0.1, -0.05) is 60.2 Å². The first kappa shape index (κ1) is 27.7. The summed E-state index contributed by atoms with van der Waals surface area (Å²) < 4.78 is 13.7. The van der Waals surface area contributed by atoms with Crippen LogP contribution in [-0.4, -0.2) is 5.91 Å². The van der Waals surface area contributed by atoms with Crippen LogP contribution >= 0.6 is 45.2 Å². The first-order valence-electron chi connectivity index (χ1n) is 11.8. The summed E-state index contributed by atoms with van der Waals surface area (Å²) in [5.74, 6) is 0.994. The predicted molar refractivity (Wildman–Crippen MR) is 167 cm³/mol. The minimum atomic E-state index is -0.477. The highest BCUT2D eigenvalue weighted by atomic mass is 127. The second-order valence-electron chi connectivity index (χ2n) is 8.51. The summed E-state index contributed by atoms with van der Waals surface area (Å²) >= 11 is 4.43. The van der Waals surface area contributed by atoms with Crippen LogP contribution in [0.1, 0.15) is 22.3 Å². The van der Waals surface area contributed by atoms with E-state index in [2.05, 4.69) is 81.7 Å². The standard InChI is InChI=1S/C31H24I2N2O3/c1-21-7-9-23(10-8-21)20-38-30-28(32)16-24(17-29(30)33)15-25(18-34)31(36)35-26-11-13-27(14-12-26)37-19-22-5-3-2-4-6-22/h2-17H,19-20H2,1H3,(H,35,36)/b25-15+. The van der Waals surface area contributed by atoms with Gasteiger partial charge in [-0.05, 0) is 111 Å². The third-order valence-electron chi connectivity index (χ3n) is 5.56. The van der Waals surface area contributed by atoms with Gasteiger partial charge in [-0.25, -0.2) is 0 Å². The number of nitriles is 1. The molecule has 0 aromatic heterocycles. The zero-order valence-corrected chi connectivity index (χ0v) is 24.9. The van der Waals surface area contributed by atoms with E-state index in [1.54, 1.807) is 30.3 Å². The van der Waals surface area contributed by atoms with E-state index in [-0.39, 0.29) is 5.57 Å². The quantitative estimate of drug-likeness (QED) is 0.108. The second-order valence-corrected chi connectivity index (χ2v) is 10.8. The number of aryl methyl sites for hydroxylation is 1. The van der Waals surface area contributed by atoms with Crippen LogP contribution in [0.25, 0.3) is 6.08 Å². The van der Waals surface area contributed by atoms with E-state index in [1.807, 2.05) is 48.5 Å². The summed E-state index contributed by atoms with van der Waals surface area (Å²) in [6, 6.07) is 31.0. The number of halogens is 2. The fraction of sp³-hybridized carbons (Fsp3) is 0.0968. The fourth-order valence-corrected chi connectivity index (χ4v) is 5.66. The van der Waals surface area contributed by atoms with E-state index in [4.69, 9.17) is 9.47 Å². The monoisotopic (exact) mass is 726 g/mol. The Labute approximate surface area is 249 Å². The molecule has 0 unspecified atom stereocenters. The van der Waals surface area contributed by atoms with E-state index >= 15 is 0 Å². The van der Waals surface area contributed by atoms with Crippen LogP contribution in [-0.2, 0) is 18.0 Å². The normalized spacial score (nSPS) is 10.9. The van der Waals surface area contributed by atoms with Gasteiger partial charge in [0.05, 0.1) is 7.14 Å². The van der Waals surface area contributed by atoms with Gasteiger partial charge in [-0.2, -0.15) is 5.26 Å². The molecule has 7 heteroatoms. The summed E-state index contributed by atoms with van der Waals surface area (Å²) in [5, 5.41) is 12.4. The Hall–Kier alpha value is -3.36. The number of amides is 1. The Kier molecular flexibility index (Phi) is 9.79. The lowest BCUT2D eigenvalue weighted by Gasteiger charge is -2.12. The fourth-order valence-electron chi connectivity index (χ4n) is 3.53. The Morgan fingerprint density at radius 2 is 1.47 bits per heavy atom. The van der Waals surface area contributed by atoms with Gasteiger partial charge in [0.2, 0.25) is 0 Å². The molecule has 0 aliphatic heterocycles. The average molecular weight is 726 g/mol. The van der Waals surface area contributed by atoms with Crippen LogP contribution in [0.2, 0.25) is 0 Å². The molecule has 0 spiro atoms. The van der Waals surface area contributed by atoms with Crippen molar-refractivity contribution in [2.75, 3.05) is 5.32 Å². The van der Waals surface area contributed by atoms with Crippen LogP contribution in [0.15, 0.2) is 96.6 Å². The lowest BCUT2D eigenvalue weighted by Crippen LogP contribution is -2.13. The first-order chi connectivity index (χ1) is 18.4. The number of hydrogen-bond acceptors (Lipinski definition) is 4. The van der Waals surface area contributed by atoms with Crippen molar-refractivity contribution in [3.8, 4) is 17.6 Å². The van der Waals surface area contributed by atoms with Crippen molar-refractivity contribution in [1.82, 2.24) is 0 Å². The van der Waals surface area contributed by atoms with Gasteiger partial charge in [0.15, 0.2) is 0 Å². The molecule has 0 heterocycles. The second kappa shape index (κ2) is 13.4. The molecule has 190 valence electrons. The molecule has 0 fully saturated rings. The third kappa shape index (κ3) is 7.82. The van der Waals surface area contributed by atoms with E-state index in [9.17, 15) is 10.1 Å². The smallest absolute Gasteiger partial charge is 0.266 e. The van der Waals surface area contributed by atoms with Gasteiger partial charge in [0.1, 0.15) is 36.4 Å². The molecule has 1 amide bonds. The van der Waals surface area contributed by atoms with Crippen molar-refractivity contribution in [3.05, 3.63) is 126 Å². The molecule has 0 saturated carbocycles. The zero-order chi connectivity index (χ0) is 26.9. The van der Waals surface area contributed by atoms with Crippen LogP contribution in [0.4, 0.5) is 5.69 Å². The van der Waals surface area contributed by atoms with E-state index in [0.717, 1.165) is 29.6 Å². The molecule has 0 radical (unpaired) electrons. The molecule has 0 aliphatic carbocycles. The molecular formula is C31H24I2N2O3. The summed E-state index contributed by atoms with van der Waals surface area (Å²) in [4.78, 5) is 12.8. The highest BCUT2D eigenvalue weighted by Crippen LogP contribution is 2.30. The Morgan fingerprint density at radius 1 is 0.868 bits per heavy atom. The number of rotatable bonds is 9. The van der Waals surface area contributed by atoms with Crippen molar-refractivity contribution in [2.45, 2.75) is 20.1 Å². The molecule has 0 bridgehead atoms. The van der Waals surface area contributed by atoms with Crippen LogP contribution in [0, 0.1) is 25.4 Å². The van der Waals surface area contributed by atoms with Gasteiger partial charge >= 0.3 is 0 Å². The molecule has 4 rings (SSSR count). The van der Waals surface area contributed by atoms with Gasteiger partial charge in [-0.3, -0.25) is 4.79 Å². The zero-order valence-electron chi connectivity index (χ0n) is 20.6. The van der Waals surface area contributed by atoms with Crippen molar-refractivity contribution in [1.29, 1.82) is 5.26 Å². The van der Waals surface area contributed by atoms with E-state index in [1.165, 1.54) is 5.56 Å². The number of carbonyl (C=O) groups is 1. The lowest BCUT2D eigenvalue weighted by atomic mass is 10.1. The maximum Gasteiger partial charge on any atom is 0.266 e. The van der Waals surface area contributed by atoms with Gasteiger partial charge in [0.25, 0.3) is 5.91 Å². The van der Waals surface area contributed by atoms with Crippen LogP contribution in [0.5, 0.6) is 11.5 Å². The maximum absolute atomic E-state index is 12.8.